The summed E-state index contributed by atoms with van der Waals surface area (Å²) in [4.78, 5) is 25.7. The third kappa shape index (κ3) is 4.46. The van der Waals surface area contributed by atoms with E-state index < -0.39 is 5.97 Å². The van der Waals surface area contributed by atoms with Crippen LogP contribution in [0.1, 0.15) is 18.9 Å². The first-order valence-electron chi connectivity index (χ1n) is 7.78. The van der Waals surface area contributed by atoms with Crippen molar-refractivity contribution < 1.29 is 14.3 Å². The number of rotatable bonds is 5. The molecule has 7 nitrogen and oxygen atoms in total. The zero-order valence-electron chi connectivity index (χ0n) is 13.8. The van der Waals surface area contributed by atoms with Crippen LogP contribution in [0.25, 0.3) is 0 Å². The summed E-state index contributed by atoms with van der Waals surface area (Å²) in [6.07, 6.45) is 0.817. The van der Waals surface area contributed by atoms with Crippen LogP contribution in [0.3, 0.4) is 0 Å². The Kier molecular flexibility index (Phi) is 5.19. The molecule has 132 valence electrons. The van der Waals surface area contributed by atoms with Crippen molar-refractivity contribution in [2.24, 2.45) is 5.92 Å². The fourth-order valence-corrected chi connectivity index (χ4v) is 3.56. The summed E-state index contributed by atoms with van der Waals surface area (Å²) in [5, 5.41) is 12.6. The Labute approximate surface area is 153 Å². The topological polar surface area (TPSA) is 84.4 Å². The van der Waals surface area contributed by atoms with Gasteiger partial charge in [0.1, 0.15) is 11.6 Å². The molecule has 3 rings (SSSR count). The first-order valence-corrected chi connectivity index (χ1v) is 8.97. The normalized spacial score (nSPS) is 13.6. The molecule has 0 saturated heterocycles. The number of carbonyl (C=O) groups excluding carboxylic acids is 2. The van der Waals surface area contributed by atoms with Crippen molar-refractivity contribution in [2.75, 3.05) is 23.3 Å². The van der Waals surface area contributed by atoms with Crippen LogP contribution in [-0.2, 0) is 16.0 Å². The minimum Gasteiger partial charge on any atom is -0.423 e. The largest absolute Gasteiger partial charge is 0.423 e. The maximum absolute atomic E-state index is 12.3. The number of aromatic nitrogens is 2. The zero-order chi connectivity index (χ0) is 18.0. The molecule has 1 aliphatic rings. The van der Waals surface area contributed by atoms with Crippen molar-refractivity contribution in [3.05, 3.63) is 28.2 Å². The standard InChI is InChI=1S/C16H17ClN4O3S/c1-9(2)5-14-19-20-16(25-14)18-13(22)7-21-8-15(23)24-12-4-3-10(17)6-11(12)21/h3-4,6,9H,5,7-8H2,1-2H3,(H,18,20,22). The lowest BCUT2D eigenvalue weighted by atomic mass is 10.1. The smallest absolute Gasteiger partial charge is 0.331 e. The van der Waals surface area contributed by atoms with Crippen molar-refractivity contribution >= 4 is 45.6 Å². The van der Waals surface area contributed by atoms with Gasteiger partial charge in [-0.15, -0.1) is 10.2 Å². The van der Waals surface area contributed by atoms with E-state index in [2.05, 4.69) is 29.4 Å². The second kappa shape index (κ2) is 7.37. The summed E-state index contributed by atoms with van der Waals surface area (Å²) in [6.45, 7) is 4.16. The average Bonchev–Trinajstić information content (AvgIpc) is 2.94. The number of hydrogen-bond acceptors (Lipinski definition) is 7. The molecule has 2 heterocycles. The first-order chi connectivity index (χ1) is 11.9. The molecule has 1 N–H and O–H groups in total. The highest BCUT2D eigenvalue weighted by Crippen LogP contribution is 2.34. The van der Waals surface area contributed by atoms with Crippen LogP contribution < -0.4 is 15.0 Å². The maximum Gasteiger partial charge on any atom is 0.331 e. The fraction of sp³-hybridized carbons (Fsp3) is 0.375. The summed E-state index contributed by atoms with van der Waals surface area (Å²) in [5.41, 5.74) is 0.611. The molecule has 9 heteroatoms. The second-order valence-corrected chi connectivity index (χ2v) is 7.59. The number of amides is 1. The van der Waals surface area contributed by atoms with E-state index in [4.69, 9.17) is 16.3 Å². The molecule has 25 heavy (non-hydrogen) atoms. The molecule has 0 saturated carbocycles. The molecule has 0 spiro atoms. The number of anilines is 2. The Morgan fingerprint density at radius 1 is 1.44 bits per heavy atom. The van der Waals surface area contributed by atoms with Gasteiger partial charge in [0.05, 0.1) is 12.2 Å². The van der Waals surface area contributed by atoms with Gasteiger partial charge in [-0.2, -0.15) is 0 Å². The van der Waals surface area contributed by atoms with Crippen LogP contribution in [0.4, 0.5) is 10.8 Å². The molecular weight excluding hydrogens is 364 g/mol. The summed E-state index contributed by atoms with van der Waals surface area (Å²) in [7, 11) is 0. The van der Waals surface area contributed by atoms with E-state index in [1.54, 1.807) is 23.1 Å². The van der Waals surface area contributed by atoms with Crippen LogP contribution in [-0.4, -0.2) is 35.2 Å². The van der Waals surface area contributed by atoms with Gasteiger partial charge in [0.2, 0.25) is 11.0 Å². The quantitative estimate of drug-likeness (QED) is 0.634. The van der Waals surface area contributed by atoms with Gasteiger partial charge in [-0.1, -0.05) is 36.8 Å². The van der Waals surface area contributed by atoms with Gasteiger partial charge in [-0.05, 0) is 24.1 Å². The van der Waals surface area contributed by atoms with E-state index in [0.29, 0.717) is 27.5 Å². The monoisotopic (exact) mass is 380 g/mol. The van der Waals surface area contributed by atoms with E-state index in [0.717, 1.165) is 11.4 Å². The van der Waals surface area contributed by atoms with E-state index in [1.807, 2.05) is 0 Å². The van der Waals surface area contributed by atoms with Gasteiger partial charge in [0.15, 0.2) is 5.75 Å². The molecule has 0 aliphatic carbocycles. The van der Waals surface area contributed by atoms with Gasteiger partial charge in [0.25, 0.3) is 0 Å². The molecular formula is C16H17ClN4O3S. The van der Waals surface area contributed by atoms with Gasteiger partial charge in [-0.25, -0.2) is 4.79 Å². The van der Waals surface area contributed by atoms with Crippen molar-refractivity contribution in [3.63, 3.8) is 0 Å². The van der Waals surface area contributed by atoms with Crippen molar-refractivity contribution in [3.8, 4) is 5.75 Å². The molecule has 0 bridgehead atoms. The Morgan fingerprint density at radius 3 is 3.00 bits per heavy atom. The van der Waals surface area contributed by atoms with Gasteiger partial charge < -0.3 is 9.64 Å². The number of esters is 1. The number of halogens is 1. The number of fused-ring (bicyclic) bond motifs is 1. The van der Waals surface area contributed by atoms with Crippen LogP contribution in [0, 0.1) is 5.92 Å². The number of benzene rings is 1. The lowest BCUT2D eigenvalue weighted by molar-refractivity contribution is -0.133. The predicted molar refractivity (Wildman–Crippen MR) is 96.4 cm³/mol. The maximum atomic E-state index is 12.3. The number of ether oxygens (including phenoxy) is 1. The van der Waals surface area contributed by atoms with E-state index in [9.17, 15) is 9.59 Å². The summed E-state index contributed by atoms with van der Waals surface area (Å²) in [5.74, 6) is 0.159. The summed E-state index contributed by atoms with van der Waals surface area (Å²) < 4.78 is 5.17. The van der Waals surface area contributed by atoms with Crippen LogP contribution in [0.5, 0.6) is 5.75 Å². The minimum absolute atomic E-state index is 0.0124. The SMILES string of the molecule is CC(C)Cc1nnc(NC(=O)CN2CC(=O)Oc3ccc(Cl)cc32)s1. The minimum atomic E-state index is -0.419. The number of nitrogens with one attached hydrogen (secondary N) is 1. The van der Waals surface area contributed by atoms with Gasteiger partial charge in [0, 0.05) is 11.4 Å². The highest BCUT2D eigenvalue weighted by Gasteiger charge is 2.26. The molecule has 1 aromatic heterocycles. The van der Waals surface area contributed by atoms with E-state index >= 15 is 0 Å². The zero-order valence-corrected chi connectivity index (χ0v) is 15.4. The first kappa shape index (κ1) is 17.6. The Morgan fingerprint density at radius 2 is 2.24 bits per heavy atom. The Bertz CT molecular complexity index is 808. The molecule has 2 aromatic rings. The number of hydrogen-bond donors (Lipinski definition) is 1. The van der Waals surface area contributed by atoms with Crippen LogP contribution in [0.2, 0.25) is 5.02 Å². The van der Waals surface area contributed by atoms with Gasteiger partial charge >= 0.3 is 5.97 Å². The Balaban J connectivity index is 1.68. The highest BCUT2D eigenvalue weighted by molar-refractivity contribution is 7.15. The summed E-state index contributed by atoms with van der Waals surface area (Å²) >= 11 is 7.36. The van der Waals surface area contributed by atoms with Crippen molar-refractivity contribution in [1.82, 2.24) is 10.2 Å². The molecule has 0 atom stereocenters. The molecule has 1 amide bonds. The number of carbonyl (C=O) groups is 2. The molecule has 0 unspecified atom stereocenters. The third-order valence-corrected chi connectivity index (χ3v) is 4.53. The van der Waals surface area contributed by atoms with Crippen LogP contribution >= 0.6 is 22.9 Å². The predicted octanol–water partition coefficient (Wildman–Crippen LogP) is 2.75. The van der Waals surface area contributed by atoms with Crippen molar-refractivity contribution in [2.45, 2.75) is 20.3 Å². The van der Waals surface area contributed by atoms with Crippen molar-refractivity contribution in [1.29, 1.82) is 0 Å². The van der Waals surface area contributed by atoms with E-state index in [-0.39, 0.29) is 19.0 Å². The molecule has 1 aliphatic heterocycles. The lowest BCUT2D eigenvalue weighted by Crippen LogP contribution is -2.41. The lowest BCUT2D eigenvalue weighted by Gasteiger charge is -2.29. The molecule has 0 fully saturated rings. The number of nitrogens with zero attached hydrogens (tertiary/aromatic N) is 3. The molecule has 1 aromatic carbocycles. The van der Waals surface area contributed by atoms with Gasteiger partial charge in [-0.3, -0.25) is 10.1 Å². The van der Waals surface area contributed by atoms with E-state index in [1.165, 1.54) is 11.3 Å². The second-order valence-electron chi connectivity index (χ2n) is 6.09. The highest BCUT2D eigenvalue weighted by atomic mass is 35.5. The Hall–Kier alpha value is -2.19. The average molecular weight is 381 g/mol. The van der Waals surface area contributed by atoms with Crippen LogP contribution in [0.15, 0.2) is 18.2 Å². The molecule has 0 radical (unpaired) electrons. The fourth-order valence-electron chi connectivity index (χ4n) is 2.43. The summed E-state index contributed by atoms with van der Waals surface area (Å²) in [6, 6.07) is 4.92. The third-order valence-electron chi connectivity index (χ3n) is 3.44.